The van der Waals surface area contributed by atoms with Crippen LogP contribution in [0.25, 0.3) is 0 Å². The van der Waals surface area contributed by atoms with Gasteiger partial charge in [0.15, 0.2) is 0 Å². The van der Waals surface area contributed by atoms with Gasteiger partial charge in [-0.05, 0) is 18.9 Å². The van der Waals surface area contributed by atoms with Gasteiger partial charge in [0.25, 0.3) is 0 Å². The molecule has 0 radical (unpaired) electrons. The Bertz CT molecular complexity index is 488. The number of nitrogens with one attached hydrogen (secondary N) is 1. The fourth-order valence-electron chi connectivity index (χ4n) is 2.13. The SMILES string of the molecule is CCCCCOC(=O)CCCC(=O)NCc1ccccc1OC. The van der Waals surface area contributed by atoms with Gasteiger partial charge in [-0.2, -0.15) is 0 Å². The van der Waals surface area contributed by atoms with E-state index >= 15 is 0 Å². The zero-order chi connectivity index (χ0) is 16.9. The quantitative estimate of drug-likeness (QED) is 0.502. The number of carbonyl (C=O) groups is 2. The highest BCUT2D eigenvalue weighted by atomic mass is 16.5. The standard InChI is InChI=1S/C18H27NO4/c1-3-4-7-13-23-18(21)12-8-11-17(20)19-14-15-9-5-6-10-16(15)22-2/h5-6,9-10H,3-4,7-8,11-14H2,1-2H3,(H,19,20). The zero-order valence-electron chi connectivity index (χ0n) is 14.1. The topological polar surface area (TPSA) is 64.6 Å². The van der Waals surface area contributed by atoms with Crippen molar-refractivity contribution in [2.24, 2.45) is 0 Å². The molecule has 128 valence electrons. The molecule has 5 nitrogen and oxygen atoms in total. The molecule has 0 heterocycles. The average molecular weight is 321 g/mol. The molecule has 0 fully saturated rings. The minimum atomic E-state index is -0.223. The number of hydrogen-bond acceptors (Lipinski definition) is 4. The summed E-state index contributed by atoms with van der Waals surface area (Å²) in [6, 6.07) is 7.55. The maximum Gasteiger partial charge on any atom is 0.305 e. The number of ether oxygens (including phenoxy) is 2. The third kappa shape index (κ3) is 8.24. The van der Waals surface area contributed by atoms with Crippen LogP contribution in [-0.2, 0) is 20.9 Å². The Morgan fingerprint density at radius 1 is 1.09 bits per heavy atom. The van der Waals surface area contributed by atoms with Crippen molar-refractivity contribution in [3.05, 3.63) is 29.8 Å². The highest BCUT2D eigenvalue weighted by Gasteiger charge is 2.07. The third-order valence-electron chi connectivity index (χ3n) is 3.46. The molecular weight excluding hydrogens is 294 g/mol. The number of unbranched alkanes of at least 4 members (excludes halogenated alkanes) is 2. The molecule has 1 amide bonds. The summed E-state index contributed by atoms with van der Waals surface area (Å²) < 4.78 is 10.3. The normalized spacial score (nSPS) is 10.2. The first-order chi connectivity index (χ1) is 11.2. The number of rotatable bonds is 11. The lowest BCUT2D eigenvalue weighted by atomic mass is 10.2. The smallest absolute Gasteiger partial charge is 0.305 e. The lowest BCUT2D eigenvalue weighted by Gasteiger charge is -2.09. The van der Waals surface area contributed by atoms with Gasteiger partial charge in [-0.25, -0.2) is 0 Å². The molecule has 1 rings (SSSR count). The van der Waals surface area contributed by atoms with Gasteiger partial charge in [0.1, 0.15) is 5.75 Å². The molecule has 0 aromatic heterocycles. The van der Waals surface area contributed by atoms with Crippen LogP contribution in [0.15, 0.2) is 24.3 Å². The summed E-state index contributed by atoms with van der Waals surface area (Å²) >= 11 is 0. The van der Waals surface area contributed by atoms with Crippen LogP contribution in [-0.4, -0.2) is 25.6 Å². The Kier molecular flexibility index (Phi) is 9.52. The minimum Gasteiger partial charge on any atom is -0.496 e. The summed E-state index contributed by atoms with van der Waals surface area (Å²) in [7, 11) is 1.60. The van der Waals surface area contributed by atoms with Crippen molar-refractivity contribution in [1.29, 1.82) is 0 Å². The van der Waals surface area contributed by atoms with Crippen LogP contribution >= 0.6 is 0 Å². The summed E-state index contributed by atoms with van der Waals surface area (Å²) in [5.74, 6) is 0.455. The Morgan fingerprint density at radius 3 is 2.61 bits per heavy atom. The molecule has 0 saturated heterocycles. The first-order valence-corrected chi connectivity index (χ1v) is 8.21. The van der Waals surface area contributed by atoms with Crippen molar-refractivity contribution >= 4 is 11.9 Å². The Morgan fingerprint density at radius 2 is 1.87 bits per heavy atom. The van der Waals surface area contributed by atoms with E-state index in [9.17, 15) is 9.59 Å². The lowest BCUT2D eigenvalue weighted by Crippen LogP contribution is -2.23. The number of esters is 1. The number of carbonyl (C=O) groups excluding carboxylic acids is 2. The van der Waals surface area contributed by atoms with Crippen molar-refractivity contribution in [2.75, 3.05) is 13.7 Å². The molecule has 5 heteroatoms. The van der Waals surface area contributed by atoms with Gasteiger partial charge in [0, 0.05) is 24.9 Å². The van der Waals surface area contributed by atoms with Crippen LogP contribution in [0.5, 0.6) is 5.75 Å². The Hall–Kier alpha value is -2.04. The van der Waals surface area contributed by atoms with Gasteiger partial charge >= 0.3 is 5.97 Å². The van der Waals surface area contributed by atoms with Gasteiger partial charge in [-0.1, -0.05) is 38.0 Å². The molecule has 0 atom stereocenters. The summed E-state index contributed by atoms with van der Waals surface area (Å²) in [5.41, 5.74) is 0.929. The minimum absolute atomic E-state index is 0.0744. The van der Waals surface area contributed by atoms with E-state index in [1.807, 2.05) is 24.3 Å². The average Bonchev–Trinajstić information content (AvgIpc) is 2.57. The van der Waals surface area contributed by atoms with Crippen molar-refractivity contribution in [3.63, 3.8) is 0 Å². The molecule has 1 aromatic carbocycles. The summed E-state index contributed by atoms with van der Waals surface area (Å²) in [5, 5.41) is 2.84. The Balaban J connectivity index is 2.16. The monoisotopic (exact) mass is 321 g/mol. The fraction of sp³-hybridized carbons (Fsp3) is 0.556. The maximum atomic E-state index is 11.8. The zero-order valence-corrected chi connectivity index (χ0v) is 14.1. The van der Waals surface area contributed by atoms with E-state index in [4.69, 9.17) is 9.47 Å². The van der Waals surface area contributed by atoms with Crippen molar-refractivity contribution in [2.45, 2.75) is 52.0 Å². The van der Waals surface area contributed by atoms with Crippen molar-refractivity contribution in [1.82, 2.24) is 5.32 Å². The predicted octanol–water partition coefficient (Wildman–Crippen LogP) is 3.22. The number of amides is 1. The number of benzene rings is 1. The van der Waals surface area contributed by atoms with Crippen LogP contribution < -0.4 is 10.1 Å². The lowest BCUT2D eigenvalue weighted by molar-refractivity contribution is -0.143. The van der Waals surface area contributed by atoms with Gasteiger partial charge < -0.3 is 14.8 Å². The summed E-state index contributed by atoms with van der Waals surface area (Å²) in [6.07, 6.45) is 4.18. The molecule has 0 bridgehead atoms. The molecule has 0 spiro atoms. The summed E-state index contributed by atoms with van der Waals surface area (Å²) in [6.45, 7) is 3.00. The van der Waals surface area contributed by atoms with Gasteiger partial charge in [-0.3, -0.25) is 9.59 Å². The molecule has 1 N–H and O–H groups in total. The second-order valence-corrected chi connectivity index (χ2v) is 5.37. The Labute approximate surface area is 138 Å². The van der Waals surface area contributed by atoms with Crippen LogP contribution in [0.3, 0.4) is 0 Å². The molecule has 1 aromatic rings. The molecule has 0 aliphatic carbocycles. The van der Waals surface area contributed by atoms with E-state index in [0.29, 0.717) is 26.0 Å². The number of hydrogen-bond donors (Lipinski definition) is 1. The number of methoxy groups -OCH3 is 1. The van der Waals surface area contributed by atoms with Crippen molar-refractivity contribution < 1.29 is 19.1 Å². The van der Waals surface area contributed by atoms with E-state index in [1.54, 1.807) is 7.11 Å². The molecule has 0 aliphatic heterocycles. The molecule has 23 heavy (non-hydrogen) atoms. The van der Waals surface area contributed by atoms with E-state index in [0.717, 1.165) is 30.6 Å². The summed E-state index contributed by atoms with van der Waals surface area (Å²) in [4.78, 5) is 23.3. The van der Waals surface area contributed by atoms with Crippen molar-refractivity contribution in [3.8, 4) is 5.75 Å². The largest absolute Gasteiger partial charge is 0.496 e. The second-order valence-electron chi connectivity index (χ2n) is 5.37. The van der Waals surface area contributed by atoms with E-state index in [1.165, 1.54) is 0 Å². The maximum absolute atomic E-state index is 11.8. The molecule has 0 aliphatic rings. The predicted molar refractivity (Wildman–Crippen MR) is 89.2 cm³/mol. The van der Waals surface area contributed by atoms with E-state index in [-0.39, 0.29) is 18.3 Å². The first-order valence-electron chi connectivity index (χ1n) is 8.21. The first kappa shape index (κ1) is 19.0. The molecule has 0 saturated carbocycles. The van der Waals surface area contributed by atoms with Crippen LogP contribution in [0, 0.1) is 0 Å². The van der Waals surface area contributed by atoms with Crippen LogP contribution in [0.4, 0.5) is 0 Å². The second kappa shape index (κ2) is 11.5. The fourth-order valence-corrected chi connectivity index (χ4v) is 2.13. The molecule has 0 unspecified atom stereocenters. The highest BCUT2D eigenvalue weighted by molar-refractivity contribution is 5.77. The van der Waals surface area contributed by atoms with Gasteiger partial charge in [-0.15, -0.1) is 0 Å². The molecular formula is C18H27NO4. The number of para-hydroxylation sites is 1. The van der Waals surface area contributed by atoms with E-state index in [2.05, 4.69) is 12.2 Å². The van der Waals surface area contributed by atoms with Crippen LogP contribution in [0.2, 0.25) is 0 Å². The van der Waals surface area contributed by atoms with Gasteiger partial charge in [0.2, 0.25) is 5.91 Å². The third-order valence-corrected chi connectivity index (χ3v) is 3.46. The highest BCUT2D eigenvalue weighted by Crippen LogP contribution is 2.16. The van der Waals surface area contributed by atoms with E-state index < -0.39 is 0 Å². The van der Waals surface area contributed by atoms with Gasteiger partial charge in [0.05, 0.1) is 13.7 Å². The van der Waals surface area contributed by atoms with Crippen LogP contribution in [0.1, 0.15) is 51.0 Å².